The van der Waals surface area contributed by atoms with Gasteiger partial charge < -0.3 is 14.5 Å². The van der Waals surface area contributed by atoms with Crippen LogP contribution in [-0.4, -0.2) is 33.2 Å². The van der Waals surface area contributed by atoms with Crippen molar-refractivity contribution in [2.45, 2.75) is 0 Å². The molecule has 0 aliphatic carbocycles. The van der Waals surface area contributed by atoms with Crippen LogP contribution in [0, 0.1) is 0 Å². The molecule has 108 valence electrons. The Kier molecular flexibility index (Phi) is 3.52. The van der Waals surface area contributed by atoms with E-state index in [1.54, 1.807) is 13.2 Å². The predicted molar refractivity (Wildman–Crippen MR) is 84.4 cm³/mol. The number of carbonyl (C=O) groups is 1. The summed E-state index contributed by atoms with van der Waals surface area (Å²) in [6.07, 6.45) is 0. The van der Waals surface area contributed by atoms with Gasteiger partial charge in [0.05, 0.1) is 18.5 Å². The Labute approximate surface area is 124 Å². The molecule has 4 nitrogen and oxygen atoms in total. The van der Waals surface area contributed by atoms with E-state index >= 15 is 0 Å². The van der Waals surface area contributed by atoms with Gasteiger partial charge in [-0.05, 0) is 30.3 Å². The summed E-state index contributed by atoms with van der Waals surface area (Å²) in [5, 5.41) is 0. The summed E-state index contributed by atoms with van der Waals surface area (Å²) in [7, 11) is 3.65. The van der Waals surface area contributed by atoms with Crippen LogP contribution in [0.25, 0.3) is 0 Å². The molecule has 1 amide bonds. The highest BCUT2D eigenvalue weighted by Crippen LogP contribution is 2.32. The van der Waals surface area contributed by atoms with E-state index in [1.165, 1.54) is 0 Å². The Bertz CT molecular complexity index is 669. The molecule has 1 heterocycles. The Morgan fingerprint density at radius 3 is 2.57 bits per heavy atom. The maximum Gasteiger partial charge on any atom is 0.258 e. The van der Waals surface area contributed by atoms with Crippen molar-refractivity contribution in [1.82, 2.24) is 0 Å². The third kappa shape index (κ3) is 2.44. The van der Waals surface area contributed by atoms with Crippen molar-refractivity contribution >= 4 is 17.3 Å². The van der Waals surface area contributed by atoms with Gasteiger partial charge in [-0.3, -0.25) is 4.79 Å². The van der Waals surface area contributed by atoms with Crippen LogP contribution in [0.4, 0.5) is 11.4 Å². The van der Waals surface area contributed by atoms with Gasteiger partial charge in [0.2, 0.25) is 0 Å². The highest BCUT2D eigenvalue weighted by Gasteiger charge is 2.25. The van der Waals surface area contributed by atoms with Crippen LogP contribution in [0.3, 0.4) is 0 Å². The van der Waals surface area contributed by atoms with Crippen LogP contribution in [0.1, 0.15) is 10.4 Å². The minimum Gasteiger partial charge on any atom is -0.497 e. The lowest BCUT2D eigenvalue weighted by Gasteiger charge is -2.35. The summed E-state index contributed by atoms with van der Waals surface area (Å²) in [5.41, 5.74) is 2.69. The van der Waals surface area contributed by atoms with Crippen molar-refractivity contribution in [2.24, 2.45) is 0 Å². The second kappa shape index (κ2) is 5.48. The van der Waals surface area contributed by atoms with Crippen LogP contribution in [0.15, 0.2) is 48.5 Å². The Morgan fingerprint density at radius 2 is 1.81 bits per heavy atom. The van der Waals surface area contributed by atoms with Crippen molar-refractivity contribution in [2.75, 3.05) is 37.0 Å². The molecule has 0 radical (unpaired) electrons. The van der Waals surface area contributed by atoms with E-state index in [-0.39, 0.29) is 5.91 Å². The van der Waals surface area contributed by atoms with Gasteiger partial charge in [-0.2, -0.15) is 0 Å². The van der Waals surface area contributed by atoms with Gasteiger partial charge in [-0.15, -0.1) is 0 Å². The molecule has 1 aliphatic heterocycles. The lowest BCUT2D eigenvalue weighted by Crippen LogP contribution is -2.42. The number of likely N-dealkylation sites (N-methyl/N-ethyl adjacent to an activating group) is 1. The predicted octanol–water partition coefficient (Wildman–Crippen LogP) is 2.79. The number of nitrogens with zero attached hydrogens (tertiary/aromatic N) is 2. The van der Waals surface area contributed by atoms with E-state index in [0.717, 1.165) is 17.9 Å². The van der Waals surface area contributed by atoms with Crippen molar-refractivity contribution in [3.63, 3.8) is 0 Å². The molecule has 0 spiro atoms. The lowest BCUT2D eigenvalue weighted by atomic mass is 10.1. The van der Waals surface area contributed by atoms with Crippen LogP contribution < -0.4 is 14.5 Å². The molecule has 0 fully saturated rings. The third-order valence-corrected chi connectivity index (χ3v) is 3.80. The molecule has 2 aromatic rings. The minimum atomic E-state index is 0.00875. The average molecular weight is 282 g/mol. The molecule has 0 atom stereocenters. The SMILES string of the molecule is COc1cccc(C(=O)N2CCN(C)c3ccccc32)c1. The van der Waals surface area contributed by atoms with Gasteiger partial charge in [-0.25, -0.2) is 0 Å². The van der Waals surface area contributed by atoms with Gasteiger partial charge in [0.25, 0.3) is 5.91 Å². The number of methoxy groups -OCH3 is 1. The van der Waals surface area contributed by atoms with E-state index in [4.69, 9.17) is 4.74 Å². The first-order valence-electron chi connectivity index (χ1n) is 6.97. The fourth-order valence-electron chi connectivity index (χ4n) is 2.63. The molecular formula is C17H18N2O2. The van der Waals surface area contributed by atoms with Crippen molar-refractivity contribution in [1.29, 1.82) is 0 Å². The summed E-state index contributed by atoms with van der Waals surface area (Å²) in [6.45, 7) is 1.51. The zero-order valence-corrected chi connectivity index (χ0v) is 12.2. The normalized spacial score (nSPS) is 13.8. The molecule has 4 heteroatoms. The number of rotatable bonds is 2. The molecule has 0 unspecified atom stereocenters. The average Bonchev–Trinajstić information content (AvgIpc) is 2.55. The number of benzene rings is 2. The van der Waals surface area contributed by atoms with Crippen molar-refractivity contribution in [3.05, 3.63) is 54.1 Å². The van der Waals surface area contributed by atoms with Crippen molar-refractivity contribution in [3.8, 4) is 5.75 Å². The second-order valence-electron chi connectivity index (χ2n) is 5.10. The second-order valence-corrected chi connectivity index (χ2v) is 5.10. The highest BCUT2D eigenvalue weighted by molar-refractivity contribution is 6.08. The summed E-state index contributed by atoms with van der Waals surface area (Å²) in [5.74, 6) is 0.706. The zero-order chi connectivity index (χ0) is 14.8. The summed E-state index contributed by atoms with van der Waals surface area (Å²) in [4.78, 5) is 16.8. The molecule has 0 saturated heterocycles. The molecule has 0 aromatic heterocycles. The number of fused-ring (bicyclic) bond motifs is 1. The first-order valence-corrected chi connectivity index (χ1v) is 6.97. The topological polar surface area (TPSA) is 32.8 Å². The summed E-state index contributed by atoms with van der Waals surface area (Å²) >= 11 is 0. The zero-order valence-electron chi connectivity index (χ0n) is 12.2. The number of carbonyl (C=O) groups excluding carboxylic acids is 1. The number of hydrogen-bond acceptors (Lipinski definition) is 3. The molecule has 0 saturated carbocycles. The van der Waals surface area contributed by atoms with E-state index in [2.05, 4.69) is 4.90 Å². The third-order valence-electron chi connectivity index (χ3n) is 3.80. The van der Waals surface area contributed by atoms with Crippen LogP contribution >= 0.6 is 0 Å². The van der Waals surface area contributed by atoms with E-state index in [1.807, 2.05) is 54.4 Å². The molecule has 2 aromatic carbocycles. The summed E-state index contributed by atoms with van der Waals surface area (Å²) < 4.78 is 5.20. The number of hydrogen-bond donors (Lipinski definition) is 0. The molecule has 3 rings (SSSR count). The van der Waals surface area contributed by atoms with E-state index < -0.39 is 0 Å². The number of ether oxygens (including phenoxy) is 1. The van der Waals surface area contributed by atoms with E-state index in [0.29, 0.717) is 17.9 Å². The van der Waals surface area contributed by atoms with Gasteiger partial charge in [0.15, 0.2) is 0 Å². The Balaban J connectivity index is 1.97. The van der Waals surface area contributed by atoms with Gasteiger partial charge in [-0.1, -0.05) is 18.2 Å². The fraction of sp³-hybridized carbons (Fsp3) is 0.235. The van der Waals surface area contributed by atoms with Crippen LogP contribution in [-0.2, 0) is 0 Å². The number of anilines is 2. The lowest BCUT2D eigenvalue weighted by molar-refractivity contribution is 0.0986. The maximum atomic E-state index is 12.8. The number of para-hydroxylation sites is 2. The Morgan fingerprint density at radius 1 is 1.05 bits per heavy atom. The smallest absolute Gasteiger partial charge is 0.258 e. The molecular weight excluding hydrogens is 264 g/mol. The molecule has 0 N–H and O–H groups in total. The van der Waals surface area contributed by atoms with Gasteiger partial charge in [0.1, 0.15) is 5.75 Å². The quantitative estimate of drug-likeness (QED) is 0.849. The van der Waals surface area contributed by atoms with Crippen LogP contribution in [0.5, 0.6) is 5.75 Å². The van der Waals surface area contributed by atoms with Crippen molar-refractivity contribution < 1.29 is 9.53 Å². The largest absolute Gasteiger partial charge is 0.497 e. The van der Waals surface area contributed by atoms with Gasteiger partial charge >= 0.3 is 0 Å². The van der Waals surface area contributed by atoms with E-state index in [9.17, 15) is 4.79 Å². The highest BCUT2D eigenvalue weighted by atomic mass is 16.5. The molecule has 21 heavy (non-hydrogen) atoms. The molecule has 1 aliphatic rings. The fourth-order valence-corrected chi connectivity index (χ4v) is 2.63. The molecule has 0 bridgehead atoms. The number of amides is 1. The minimum absolute atomic E-state index is 0.00875. The van der Waals surface area contributed by atoms with Crippen LogP contribution in [0.2, 0.25) is 0 Å². The standard InChI is InChI=1S/C17H18N2O2/c1-18-10-11-19(16-9-4-3-8-15(16)18)17(20)13-6-5-7-14(12-13)21-2/h3-9,12H,10-11H2,1-2H3. The Hall–Kier alpha value is -2.49. The monoisotopic (exact) mass is 282 g/mol. The maximum absolute atomic E-state index is 12.8. The van der Waals surface area contributed by atoms with Gasteiger partial charge in [0, 0.05) is 25.7 Å². The first kappa shape index (κ1) is 13.5. The summed E-state index contributed by atoms with van der Waals surface area (Å²) in [6, 6.07) is 15.3. The first-order chi connectivity index (χ1) is 10.2.